The smallest absolute Gasteiger partial charge is 0.229 e. The van der Waals surface area contributed by atoms with Crippen LogP contribution in [0.1, 0.15) is 39.8 Å². The van der Waals surface area contributed by atoms with Crippen molar-refractivity contribution in [3.63, 3.8) is 0 Å². The molecule has 0 saturated heterocycles. The van der Waals surface area contributed by atoms with Gasteiger partial charge >= 0.3 is 0 Å². The van der Waals surface area contributed by atoms with E-state index in [9.17, 15) is 4.79 Å². The normalized spacial score (nSPS) is 11.1. The Kier molecular flexibility index (Phi) is 3.40. The lowest BCUT2D eigenvalue weighted by atomic mass is 9.94. The minimum absolute atomic E-state index is 0.129. The molecule has 0 unspecified atom stereocenters. The predicted octanol–water partition coefficient (Wildman–Crippen LogP) is 4.02. The van der Waals surface area contributed by atoms with Crippen LogP contribution in [0.15, 0.2) is 36.5 Å². The van der Waals surface area contributed by atoms with Gasteiger partial charge in [-0.2, -0.15) is 5.26 Å². The molecule has 5 heteroatoms. The summed E-state index contributed by atoms with van der Waals surface area (Å²) in [6.07, 6.45) is 2.62. The Balaban J connectivity index is 1.92. The molecule has 2 heterocycles. The van der Waals surface area contributed by atoms with Gasteiger partial charge in [0.25, 0.3) is 0 Å². The Morgan fingerprint density at radius 2 is 2.12 bits per heavy atom. The molecule has 0 fully saturated rings. The van der Waals surface area contributed by atoms with Gasteiger partial charge in [0.2, 0.25) is 5.78 Å². The lowest BCUT2D eigenvalue weighted by Crippen LogP contribution is -2.08. The molecule has 4 aromatic rings. The molecular weight excluding hydrogens is 312 g/mol. The van der Waals surface area contributed by atoms with E-state index in [0.717, 1.165) is 34.0 Å². The van der Waals surface area contributed by atoms with Gasteiger partial charge in [-0.15, -0.1) is 0 Å². The number of hydrogen-bond acceptors (Lipinski definition) is 3. The molecule has 4 rings (SSSR count). The monoisotopic (exact) mass is 328 g/mol. The van der Waals surface area contributed by atoms with Crippen LogP contribution in [0.4, 0.5) is 0 Å². The highest BCUT2D eigenvalue weighted by Crippen LogP contribution is 2.28. The number of carbonyl (C=O) groups is 1. The molecule has 0 spiro atoms. The number of H-pyrrole nitrogens is 2. The van der Waals surface area contributed by atoms with Gasteiger partial charge in [0.15, 0.2) is 5.82 Å². The third-order valence-electron chi connectivity index (χ3n) is 4.56. The maximum atomic E-state index is 13.2. The van der Waals surface area contributed by atoms with Crippen molar-refractivity contribution in [2.45, 2.75) is 20.3 Å². The topological polar surface area (TPSA) is 85.3 Å². The number of rotatable bonds is 3. The number of aromatic nitrogens is 3. The Bertz CT molecular complexity index is 1170. The van der Waals surface area contributed by atoms with E-state index in [1.165, 1.54) is 0 Å². The number of aromatic amines is 2. The van der Waals surface area contributed by atoms with Crippen LogP contribution in [-0.4, -0.2) is 20.7 Å². The molecule has 0 aliphatic heterocycles. The highest BCUT2D eigenvalue weighted by molar-refractivity contribution is 6.16. The van der Waals surface area contributed by atoms with E-state index in [0.29, 0.717) is 22.5 Å². The number of nitrogens with zero attached hydrogens (tertiary/aromatic N) is 2. The van der Waals surface area contributed by atoms with Crippen LogP contribution in [0.25, 0.3) is 21.9 Å². The predicted molar refractivity (Wildman–Crippen MR) is 96.7 cm³/mol. The molecule has 25 heavy (non-hydrogen) atoms. The van der Waals surface area contributed by atoms with Crippen LogP contribution < -0.4 is 0 Å². The summed E-state index contributed by atoms with van der Waals surface area (Å²) in [6.45, 7) is 4.08. The zero-order valence-corrected chi connectivity index (χ0v) is 14.0. The summed E-state index contributed by atoms with van der Waals surface area (Å²) in [4.78, 5) is 23.9. The minimum Gasteiger partial charge on any atom is -0.361 e. The highest BCUT2D eigenvalue weighted by Gasteiger charge is 2.21. The lowest BCUT2D eigenvalue weighted by molar-refractivity contribution is 0.103. The molecule has 0 aliphatic rings. The van der Waals surface area contributed by atoms with Crippen molar-refractivity contribution in [2.75, 3.05) is 0 Å². The number of fused-ring (bicyclic) bond motifs is 2. The largest absolute Gasteiger partial charge is 0.361 e. The third kappa shape index (κ3) is 2.31. The standard InChI is InChI=1S/C20H16N4O/c1-3-13-8-11(2)18-14(6-7-22-18)17(13)19(25)20-23-15-5-4-12(10-21)9-16(15)24-20/h4-9,22H,3H2,1-2H3,(H,23,24). The van der Waals surface area contributed by atoms with E-state index in [1.54, 1.807) is 18.2 Å². The first-order chi connectivity index (χ1) is 12.1. The first-order valence-corrected chi connectivity index (χ1v) is 8.16. The Morgan fingerprint density at radius 3 is 2.88 bits per heavy atom. The summed E-state index contributed by atoms with van der Waals surface area (Å²) in [5.74, 6) is 0.169. The van der Waals surface area contributed by atoms with Crippen molar-refractivity contribution in [1.29, 1.82) is 5.26 Å². The van der Waals surface area contributed by atoms with Crippen molar-refractivity contribution >= 4 is 27.7 Å². The molecule has 2 aromatic heterocycles. The number of benzene rings is 2. The summed E-state index contributed by atoms with van der Waals surface area (Å²) in [5, 5.41) is 9.94. The summed E-state index contributed by atoms with van der Waals surface area (Å²) < 4.78 is 0. The zero-order chi connectivity index (χ0) is 17.6. The molecule has 0 bridgehead atoms. The molecule has 0 saturated carbocycles. The fourth-order valence-electron chi connectivity index (χ4n) is 3.33. The number of imidazole rings is 1. The van der Waals surface area contributed by atoms with Crippen LogP contribution in [0.3, 0.4) is 0 Å². The second-order valence-corrected chi connectivity index (χ2v) is 6.11. The summed E-state index contributed by atoms with van der Waals surface area (Å²) in [6, 6.07) is 11.3. The van der Waals surface area contributed by atoms with E-state index in [-0.39, 0.29) is 5.78 Å². The van der Waals surface area contributed by atoms with Gasteiger partial charge in [0.05, 0.1) is 22.7 Å². The SMILES string of the molecule is CCc1cc(C)c2[nH]ccc2c1C(=O)c1nc2cc(C#N)ccc2[nH]1. The molecule has 0 radical (unpaired) electrons. The van der Waals surface area contributed by atoms with Crippen molar-refractivity contribution in [3.05, 3.63) is 64.6 Å². The average Bonchev–Trinajstić information content (AvgIpc) is 3.27. The number of nitrogens with one attached hydrogen (secondary N) is 2. The first kappa shape index (κ1) is 15.2. The van der Waals surface area contributed by atoms with Gasteiger partial charge in [-0.3, -0.25) is 4.79 Å². The number of carbonyl (C=O) groups excluding carboxylic acids is 1. The number of nitriles is 1. The molecule has 122 valence electrons. The Hall–Kier alpha value is -3.39. The van der Waals surface area contributed by atoms with E-state index in [4.69, 9.17) is 5.26 Å². The summed E-state index contributed by atoms with van der Waals surface area (Å²) in [7, 11) is 0. The molecule has 0 atom stereocenters. The van der Waals surface area contributed by atoms with E-state index < -0.39 is 0 Å². The van der Waals surface area contributed by atoms with Crippen LogP contribution in [0, 0.1) is 18.3 Å². The minimum atomic E-state index is -0.129. The molecule has 0 amide bonds. The molecule has 5 nitrogen and oxygen atoms in total. The van der Waals surface area contributed by atoms with Gasteiger partial charge in [-0.05, 0) is 48.7 Å². The van der Waals surface area contributed by atoms with Gasteiger partial charge in [0.1, 0.15) is 0 Å². The van der Waals surface area contributed by atoms with Crippen molar-refractivity contribution < 1.29 is 4.79 Å². The van der Waals surface area contributed by atoms with Crippen molar-refractivity contribution in [1.82, 2.24) is 15.0 Å². The first-order valence-electron chi connectivity index (χ1n) is 8.16. The van der Waals surface area contributed by atoms with Crippen molar-refractivity contribution in [3.8, 4) is 6.07 Å². The third-order valence-corrected chi connectivity index (χ3v) is 4.56. The second kappa shape index (κ2) is 5.60. The van der Waals surface area contributed by atoms with Crippen molar-refractivity contribution in [2.24, 2.45) is 0 Å². The number of hydrogen-bond donors (Lipinski definition) is 2. The Labute approximate surface area is 144 Å². The zero-order valence-electron chi connectivity index (χ0n) is 14.0. The maximum absolute atomic E-state index is 13.2. The summed E-state index contributed by atoms with van der Waals surface area (Å²) >= 11 is 0. The fourth-order valence-corrected chi connectivity index (χ4v) is 3.33. The highest BCUT2D eigenvalue weighted by atomic mass is 16.1. The van der Waals surface area contributed by atoms with E-state index in [2.05, 4.69) is 27.1 Å². The van der Waals surface area contributed by atoms with Crippen LogP contribution in [0.2, 0.25) is 0 Å². The van der Waals surface area contributed by atoms with E-state index in [1.807, 2.05) is 26.1 Å². The van der Waals surface area contributed by atoms with Crippen LogP contribution in [0.5, 0.6) is 0 Å². The summed E-state index contributed by atoms with van der Waals surface area (Å²) in [5.41, 5.74) is 5.68. The quantitative estimate of drug-likeness (QED) is 0.557. The van der Waals surface area contributed by atoms with Gasteiger partial charge in [-0.25, -0.2) is 4.98 Å². The number of ketones is 1. The number of aryl methyl sites for hydroxylation is 2. The van der Waals surface area contributed by atoms with E-state index >= 15 is 0 Å². The molecule has 0 aliphatic carbocycles. The van der Waals surface area contributed by atoms with Gasteiger partial charge in [0, 0.05) is 22.7 Å². The van der Waals surface area contributed by atoms with Gasteiger partial charge in [-0.1, -0.05) is 13.0 Å². The second-order valence-electron chi connectivity index (χ2n) is 6.11. The fraction of sp³-hybridized carbons (Fsp3) is 0.150. The molecule has 2 N–H and O–H groups in total. The molecule has 2 aromatic carbocycles. The molecular formula is C20H16N4O. The maximum Gasteiger partial charge on any atom is 0.229 e. The lowest BCUT2D eigenvalue weighted by Gasteiger charge is -2.10. The average molecular weight is 328 g/mol. The van der Waals surface area contributed by atoms with Gasteiger partial charge < -0.3 is 9.97 Å². The van der Waals surface area contributed by atoms with Crippen LogP contribution in [-0.2, 0) is 6.42 Å². The Morgan fingerprint density at radius 1 is 1.28 bits per heavy atom. The van der Waals surface area contributed by atoms with Crippen LogP contribution >= 0.6 is 0 Å².